The van der Waals surface area contributed by atoms with Gasteiger partial charge in [-0.3, -0.25) is 14.4 Å². The van der Waals surface area contributed by atoms with E-state index in [-0.39, 0.29) is 36.0 Å². The van der Waals surface area contributed by atoms with Crippen LogP contribution >= 0.6 is 0 Å². The lowest BCUT2D eigenvalue weighted by molar-refractivity contribution is -0.145. The van der Waals surface area contributed by atoms with E-state index in [0.29, 0.717) is 18.8 Å². The molecule has 5 heteroatoms. The third-order valence-electron chi connectivity index (χ3n) is 5.13. The third kappa shape index (κ3) is 1.86. The Morgan fingerprint density at radius 1 is 1.42 bits per heavy atom. The molecule has 2 aliphatic rings. The van der Waals surface area contributed by atoms with Crippen LogP contribution in [-0.2, 0) is 19.1 Å². The van der Waals surface area contributed by atoms with Crippen LogP contribution in [0.15, 0.2) is 0 Å². The zero-order chi connectivity index (χ0) is 14.3. The quantitative estimate of drug-likeness (QED) is 0.610. The minimum absolute atomic E-state index is 0.0596. The van der Waals surface area contributed by atoms with Gasteiger partial charge in [0, 0.05) is 13.0 Å². The van der Waals surface area contributed by atoms with Gasteiger partial charge < -0.3 is 10.1 Å². The predicted molar refractivity (Wildman–Crippen MR) is 68.2 cm³/mol. The monoisotopic (exact) mass is 267 g/mol. The van der Waals surface area contributed by atoms with Crippen LogP contribution in [0, 0.1) is 16.7 Å². The van der Waals surface area contributed by atoms with E-state index in [1.807, 2.05) is 13.8 Å². The maximum Gasteiger partial charge on any atom is 0.307 e. The Kier molecular flexibility index (Phi) is 3.41. The highest BCUT2D eigenvalue weighted by Gasteiger charge is 2.67. The average Bonchev–Trinajstić information content (AvgIpc) is 2.72. The Morgan fingerprint density at radius 2 is 2.11 bits per heavy atom. The molecular formula is C14H21NO4. The second-order valence-corrected chi connectivity index (χ2v) is 6.07. The van der Waals surface area contributed by atoms with Crippen molar-refractivity contribution < 1.29 is 19.1 Å². The van der Waals surface area contributed by atoms with Crippen LogP contribution in [0.5, 0.6) is 0 Å². The van der Waals surface area contributed by atoms with Gasteiger partial charge in [0.1, 0.15) is 11.2 Å². The third-order valence-corrected chi connectivity index (χ3v) is 5.13. The normalized spacial score (nSPS) is 31.3. The fraction of sp³-hybridized carbons (Fsp3) is 0.786. The van der Waals surface area contributed by atoms with Gasteiger partial charge in [0.2, 0.25) is 5.91 Å². The highest BCUT2D eigenvalue weighted by atomic mass is 16.5. The van der Waals surface area contributed by atoms with Crippen LogP contribution in [0.2, 0.25) is 0 Å². The number of methoxy groups -OCH3 is 1. The lowest BCUT2D eigenvalue weighted by atomic mass is 9.68. The van der Waals surface area contributed by atoms with Gasteiger partial charge in [-0.1, -0.05) is 13.8 Å². The van der Waals surface area contributed by atoms with E-state index in [9.17, 15) is 14.4 Å². The Morgan fingerprint density at radius 3 is 2.58 bits per heavy atom. The molecule has 0 heterocycles. The average molecular weight is 267 g/mol. The molecule has 0 aromatic carbocycles. The van der Waals surface area contributed by atoms with E-state index >= 15 is 0 Å². The molecule has 0 spiro atoms. The lowest BCUT2D eigenvalue weighted by Crippen LogP contribution is -2.50. The number of nitrogens with one attached hydrogen (secondary N) is 1. The van der Waals surface area contributed by atoms with Crippen LogP contribution in [0.25, 0.3) is 0 Å². The van der Waals surface area contributed by atoms with Crippen molar-refractivity contribution >= 4 is 17.7 Å². The van der Waals surface area contributed by atoms with E-state index < -0.39 is 5.41 Å². The van der Waals surface area contributed by atoms with Crippen molar-refractivity contribution in [2.24, 2.45) is 16.7 Å². The van der Waals surface area contributed by atoms with Gasteiger partial charge in [0.05, 0.1) is 13.5 Å². The topological polar surface area (TPSA) is 72.5 Å². The highest BCUT2D eigenvalue weighted by Crippen LogP contribution is 2.63. The molecule has 2 rings (SSSR count). The van der Waals surface area contributed by atoms with Gasteiger partial charge in [0.25, 0.3) is 0 Å². The van der Waals surface area contributed by atoms with Gasteiger partial charge >= 0.3 is 5.97 Å². The van der Waals surface area contributed by atoms with Crippen molar-refractivity contribution in [3.05, 3.63) is 0 Å². The van der Waals surface area contributed by atoms with Gasteiger partial charge in [-0.05, 0) is 24.2 Å². The Balaban J connectivity index is 2.05. The van der Waals surface area contributed by atoms with Gasteiger partial charge in [-0.25, -0.2) is 0 Å². The summed E-state index contributed by atoms with van der Waals surface area (Å²) in [5.41, 5.74) is -1.16. The first-order valence-corrected chi connectivity index (χ1v) is 6.74. The number of rotatable bonds is 4. The second-order valence-electron chi connectivity index (χ2n) is 6.07. The maximum absolute atomic E-state index is 12.4. The summed E-state index contributed by atoms with van der Waals surface area (Å²) in [4.78, 5) is 35.7. The number of fused-ring (bicyclic) bond motifs is 2. The zero-order valence-corrected chi connectivity index (χ0v) is 11.7. The van der Waals surface area contributed by atoms with E-state index in [1.165, 1.54) is 7.11 Å². The van der Waals surface area contributed by atoms with E-state index in [0.717, 1.165) is 6.42 Å². The highest BCUT2D eigenvalue weighted by molar-refractivity contribution is 6.09. The number of esters is 1. The number of ketones is 1. The van der Waals surface area contributed by atoms with Crippen LogP contribution in [-0.4, -0.2) is 31.3 Å². The number of Topliss-reactive ketones (excluding diaryl/α,β-unsaturated/α-hetero) is 1. The summed E-state index contributed by atoms with van der Waals surface area (Å²) in [5.74, 6) is -0.207. The minimum Gasteiger partial charge on any atom is -0.469 e. The number of carbonyl (C=O) groups is 3. The molecule has 0 unspecified atom stereocenters. The van der Waals surface area contributed by atoms with Crippen LogP contribution in [0.3, 0.4) is 0 Å². The van der Waals surface area contributed by atoms with Crippen molar-refractivity contribution in [1.82, 2.24) is 5.32 Å². The molecule has 2 fully saturated rings. The molecule has 0 aliphatic heterocycles. The van der Waals surface area contributed by atoms with E-state index in [4.69, 9.17) is 0 Å². The van der Waals surface area contributed by atoms with Crippen molar-refractivity contribution in [1.29, 1.82) is 0 Å². The standard InChI is InChI=1S/C14H21NO4/c1-13(2)9-4-6-14(13,10(16)8-9)12(18)15-7-5-11(17)19-3/h9H,4-8H2,1-3H3,(H,15,18)/t9-,14+/m1/s1. The molecule has 2 aliphatic carbocycles. The number of ether oxygens (including phenoxy) is 1. The first-order chi connectivity index (χ1) is 8.86. The van der Waals surface area contributed by atoms with Crippen molar-refractivity contribution in [2.75, 3.05) is 13.7 Å². The Hall–Kier alpha value is -1.39. The molecule has 106 valence electrons. The van der Waals surface area contributed by atoms with Crippen LogP contribution in [0.4, 0.5) is 0 Å². The molecule has 0 saturated heterocycles. The largest absolute Gasteiger partial charge is 0.469 e. The SMILES string of the molecule is COC(=O)CCNC(=O)[C@]12CC[C@H](CC1=O)C2(C)C. The Labute approximate surface area is 113 Å². The van der Waals surface area contributed by atoms with E-state index in [2.05, 4.69) is 10.1 Å². The number of carbonyl (C=O) groups excluding carboxylic acids is 3. The molecule has 0 aromatic rings. The fourth-order valence-electron chi connectivity index (χ4n) is 3.74. The van der Waals surface area contributed by atoms with Crippen LogP contribution < -0.4 is 5.32 Å². The summed E-state index contributed by atoms with van der Waals surface area (Å²) in [6, 6.07) is 0. The molecule has 5 nitrogen and oxygen atoms in total. The summed E-state index contributed by atoms with van der Waals surface area (Å²) in [6.07, 6.45) is 2.21. The molecule has 0 aromatic heterocycles. The summed E-state index contributed by atoms with van der Waals surface area (Å²) in [5, 5.41) is 2.73. The van der Waals surface area contributed by atoms with Gasteiger partial charge in [-0.15, -0.1) is 0 Å². The molecule has 1 amide bonds. The fourth-order valence-corrected chi connectivity index (χ4v) is 3.74. The van der Waals surface area contributed by atoms with Crippen LogP contribution in [0.1, 0.15) is 39.5 Å². The molecule has 2 atom stereocenters. The number of amides is 1. The van der Waals surface area contributed by atoms with E-state index in [1.54, 1.807) is 0 Å². The summed E-state index contributed by atoms with van der Waals surface area (Å²) in [6.45, 7) is 4.24. The second kappa shape index (κ2) is 4.62. The van der Waals surface area contributed by atoms with Crippen molar-refractivity contribution in [3.8, 4) is 0 Å². The predicted octanol–water partition coefficient (Wildman–Crippen LogP) is 1.06. The molecular weight excluding hydrogens is 246 g/mol. The lowest BCUT2D eigenvalue weighted by Gasteiger charge is -2.34. The first kappa shape index (κ1) is 14.0. The Bertz CT molecular complexity index is 429. The summed E-state index contributed by atoms with van der Waals surface area (Å²) >= 11 is 0. The summed E-state index contributed by atoms with van der Waals surface area (Å²) < 4.78 is 4.52. The number of hydrogen-bond donors (Lipinski definition) is 1. The van der Waals surface area contributed by atoms with Crippen molar-refractivity contribution in [2.45, 2.75) is 39.5 Å². The molecule has 1 N–H and O–H groups in total. The summed E-state index contributed by atoms with van der Waals surface area (Å²) in [7, 11) is 1.31. The minimum atomic E-state index is -0.881. The molecule has 0 radical (unpaired) electrons. The smallest absolute Gasteiger partial charge is 0.307 e. The molecule has 2 bridgehead atoms. The molecule has 19 heavy (non-hydrogen) atoms. The maximum atomic E-state index is 12.4. The first-order valence-electron chi connectivity index (χ1n) is 6.74. The zero-order valence-electron chi connectivity index (χ0n) is 11.7. The van der Waals surface area contributed by atoms with Crippen molar-refractivity contribution in [3.63, 3.8) is 0 Å². The number of hydrogen-bond acceptors (Lipinski definition) is 4. The van der Waals surface area contributed by atoms with Gasteiger partial charge in [0.15, 0.2) is 0 Å². The molecule has 2 saturated carbocycles. The van der Waals surface area contributed by atoms with Gasteiger partial charge in [-0.2, -0.15) is 0 Å².